The summed E-state index contributed by atoms with van der Waals surface area (Å²) in [6.45, 7) is 9.22. The van der Waals surface area contributed by atoms with Crippen LogP contribution in [0.3, 0.4) is 0 Å². The Balaban J connectivity index is 3.26. The van der Waals surface area contributed by atoms with Crippen LogP contribution in [0.2, 0.25) is 0 Å². The predicted molar refractivity (Wildman–Crippen MR) is 57.1 cm³/mol. The van der Waals surface area contributed by atoms with Crippen molar-refractivity contribution in [2.75, 3.05) is 0 Å². The zero-order chi connectivity index (χ0) is 9.40. The van der Waals surface area contributed by atoms with Crippen LogP contribution in [-0.2, 0) is 0 Å². The van der Waals surface area contributed by atoms with E-state index < -0.39 is 0 Å². The van der Waals surface area contributed by atoms with E-state index in [-0.39, 0.29) is 0 Å². The minimum atomic E-state index is 0.895. The van der Waals surface area contributed by atoms with Crippen LogP contribution in [0.15, 0.2) is 0 Å². The second-order valence-corrected chi connectivity index (χ2v) is 4.13. The highest BCUT2D eigenvalue weighted by Gasteiger charge is 2.06. The summed E-state index contributed by atoms with van der Waals surface area (Å²) in [5.74, 6) is 2.60. The van der Waals surface area contributed by atoms with E-state index in [1.807, 2.05) is 0 Å². The minimum Gasteiger partial charge on any atom is -0.0654 e. The van der Waals surface area contributed by atoms with Crippen LogP contribution in [0, 0.1) is 11.8 Å². The third-order valence-corrected chi connectivity index (χ3v) is 2.60. The maximum absolute atomic E-state index is 2.35. The van der Waals surface area contributed by atoms with Gasteiger partial charge in [0, 0.05) is 0 Å². The average Bonchev–Trinajstić information content (AvgIpc) is 2.05. The zero-order valence-corrected chi connectivity index (χ0v) is 9.32. The van der Waals surface area contributed by atoms with Crippen LogP contribution in [0.1, 0.15) is 66.2 Å². The molecule has 0 nitrogen and oxygen atoms in total. The van der Waals surface area contributed by atoms with Gasteiger partial charge < -0.3 is 0 Å². The first-order valence-corrected chi connectivity index (χ1v) is 5.52. The van der Waals surface area contributed by atoms with Crippen LogP contribution in [0.4, 0.5) is 0 Å². The van der Waals surface area contributed by atoms with E-state index in [1.165, 1.54) is 38.5 Å². The van der Waals surface area contributed by atoms with Gasteiger partial charge in [-0.3, -0.25) is 0 Å². The Hall–Kier alpha value is 0. The largest absolute Gasteiger partial charge is 0.0654 e. The molecule has 0 aromatic rings. The van der Waals surface area contributed by atoms with E-state index in [0.717, 1.165) is 5.92 Å². The highest BCUT2D eigenvalue weighted by Crippen LogP contribution is 2.21. The van der Waals surface area contributed by atoms with Crippen molar-refractivity contribution in [3.05, 3.63) is 5.92 Å². The lowest BCUT2D eigenvalue weighted by atomic mass is 9.91. The molecule has 0 aliphatic carbocycles. The van der Waals surface area contributed by atoms with Crippen molar-refractivity contribution in [2.24, 2.45) is 5.92 Å². The number of hydrogen-bond donors (Lipinski definition) is 0. The average molecular weight is 169 g/mol. The molecular weight excluding hydrogens is 144 g/mol. The highest BCUT2D eigenvalue weighted by molar-refractivity contribution is 4.84. The lowest BCUT2D eigenvalue weighted by Gasteiger charge is -2.14. The van der Waals surface area contributed by atoms with Gasteiger partial charge in [0.15, 0.2) is 0 Å². The predicted octanol–water partition coefficient (Wildman–Crippen LogP) is 4.60. The van der Waals surface area contributed by atoms with Gasteiger partial charge in [0.1, 0.15) is 0 Å². The lowest BCUT2D eigenvalue weighted by Crippen LogP contribution is -2.00. The van der Waals surface area contributed by atoms with E-state index >= 15 is 0 Å². The van der Waals surface area contributed by atoms with Crippen LogP contribution in [-0.4, -0.2) is 0 Å². The molecule has 73 valence electrons. The van der Waals surface area contributed by atoms with Gasteiger partial charge >= 0.3 is 0 Å². The smallest absolute Gasteiger partial charge is 0.0269 e. The molecule has 0 aliphatic rings. The molecule has 1 radical (unpaired) electrons. The Morgan fingerprint density at radius 2 is 1.83 bits per heavy atom. The molecule has 0 saturated carbocycles. The van der Waals surface area contributed by atoms with Crippen LogP contribution >= 0.6 is 0 Å². The van der Waals surface area contributed by atoms with Crippen molar-refractivity contribution in [3.8, 4) is 0 Å². The number of hydrogen-bond acceptors (Lipinski definition) is 0. The Kier molecular flexibility index (Phi) is 7.64. The van der Waals surface area contributed by atoms with Crippen molar-refractivity contribution < 1.29 is 0 Å². The highest BCUT2D eigenvalue weighted by atomic mass is 14.1. The normalized spacial score (nSPS) is 13.8. The van der Waals surface area contributed by atoms with Crippen LogP contribution in [0.5, 0.6) is 0 Å². The first-order valence-electron chi connectivity index (χ1n) is 5.52. The van der Waals surface area contributed by atoms with E-state index in [9.17, 15) is 0 Å². The molecule has 0 bridgehead atoms. The van der Waals surface area contributed by atoms with E-state index in [0.29, 0.717) is 0 Å². The maximum Gasteiger partial charge on any atom is -0.0269 e. The van der Waals surface area contributed by atoms with Crippen LogP contribution in [0.25, 0.3) is 0 Å². The van der Waals surface area contributed by atoms with Gasteiger partial charge in [0.05, 0.1) is 0 Å². The molecule has 0 heteroatoms. The van der Waals surface area contributed by atoms with Gasteiger partial charge in [0.2, 0.25) is 0 Å². The molecule has 0 N–H and O–H groups in total. The summed E-state index contributed by atoms with van der Waals surface area (Å²) in [5.41, 5.74) is 0. The summed E-state index contributed by atoms with van der Waals surface area (Å²) in [6, 6.07) is 0. The Morgan fingerprint density at radius 3 is 2.33 bits per heavy atom. The van der Waals surface area contributed by atoms with Crippen molar-refractivity contribution in [1.29, 1.82) is 0 Å². The van der Waals surface area contributed by atoms with E-state index in [4.69, 9.17) is 0 Å². The fourth-order valence-electron chi connectivity index (χ4n) is 1.52. The fourth-order valence-corrected chi connectivity index (χ4v) is 1.52. The molecule has 0 fully saturated rings. The molecule has 0 heterocycles. The zero-order valence-electron chi connectivity index (χ0n) is 9.32. The third-order valence-electron chi connectivity index (χ3n) is 2.60. The molecule has 12 heavy (non-hydrogen) atoms. The van der Waals surface area contributed by atoms with E-state index in [2.05, 4.69) is 27.7 Å². The van der Waals surface area contributed by atoms with Gasteiger partial charge in [0.25, 0.3) is 0 Å². The second kappa shape index (κ2) is 7.64. The van der Waals surface area contributed by atoms with Crippen molar-refractivity contribution in [3.63, 3.8) is 0 Å². The molecular formula is C12H25. The van der Waals surface area contributed by atoms with Crippen molar-refractivity contribution in [1.82, 2.24) is 0 Å². The SMILES string of the molecule is CCCCC[C](C)CC(C)CC. The molecule has 1 atom stereocenters. The molecule has 0 aliphatic heterocycles. The first-order chi connectivity index (χ1) is 5.70. The molecule has 0 aromatic carbocycles. The fraction of sp³-hybridized carbons (Fsp3) is 0.917. The molecule has 0 saturated heterocycles. The molecule has 0 spiro atoms. The summed E-state index contributed by atoms with van der Waals surface area (Å²) < 4.78 is 0. The van der Waals surface area contributed by atoms with Gasteiger partial charge in [-0.1, -0.05) is 53.4 Å². The molecule has 1 unspecified atom stereocenters. The summed E-state index contributed by atoms with van der Waals surface area (Å²) in [5, 5.41) is 0. The third kappa shape index (κ3) is 6.69. The van der Waals surface area contributed by atoms with Gasteiger partial charge in [-0.05, 0) is 24.7 Å². The quantitative estimate of drug-likeness (QED) is 0.489. The first kappa shape index (κ1) is 12.0. The van der Waals surface area contributed by atoms with Gasteiger partial charge in [-0.2, -0.15) is 0 Å². The van der Waals surface area contributed by atoms with Crippen molar-refractivity contribution in [2.45, 2.75) is 66.2 Å². The number of rotatable bonds is 7. The summed E-state index contributed by atoms with van der Waals surface area (Å²) >= 11 is 0. The summed E-state index contributed by atoms with van der Waals surface area (Å²) in [7, 11) is 0. The monoisotopic (exact) mass is 169 g/mol. The topological polar surface area (TPSA) is 0 Å². The van der Waals surface area contributed by atoms with E-state index in [1.54, 1.807) is 5.92 Å². The molecule has 0 aromatic heterocycles. The van der Waals surface area contributed by atoms with Gasteiger partial charge in [-0.15, -0.1) is 0 Å². The Bertz CT molecular complexity index is 86.0. The number of unbranched alkanes of at least 4 members (excludes halogenated alkanes) is 2. The minimum absolute atomic E-state index is 0.895. The summed E-state index contributed by atoms with van der Waals surface area (Å²) in [4.78, 5) is 0. The lowest BCUT2D eigenvalue weighted by molar-refractivity contribution is 0.500. The van der Waals surface area contributed by atoms with Crippen LogP contribution < -0.4 is 0 Å². The maximum atomic E-state index is 2.35. The van der Waals surface area contributed by atoms with Gasteiger partial charge in [-0.25, -0.2) is 0 Å². The summed E-state index contributed by atoms with van der Waals surface area (Å²) in [6.07, 6.45) is 8.18. The van der Waals surface area contributed by atoms with Crippen molar-refractivity contribution >= 4 is 0 Å². The standard InChI is InChI=1S/C12H25/c1-5-7-8-9-12(4)10-11(3)6-2/h11H,5-10H2,1-4H3. The molecule has 0 rings (SSSR count). The second-order valence-electron chi connectivity index (χ2n) is 4.13. The Morgan fingerprint density at radius 1 is 1.17 bits per heavy atom. The Labute approximate surface area is 78.8 Å². The molecule has 0 amide bonds.